The zero-order chi connectivity index (χ0) is 18.7. The van der Waals surface area contributed by atoms with Crippen molar-refractivity contribution in [2.24, 2.45) is 0 Å². The van der Waals surface area contributed by atoms with Crippen LogP contribution in [0, 0.1) is 6.92 Å². The van der Waals surface area contributed by atoms with E-state index in [4.69, 9.17) is 0 Å². The van der Waals surface area contributed by atoms with Crippen molar-refractivity contribution in [1.29, 1.82) is 0 Å². The second kappa shape index (κ2) is 7.68. The van der Waals surface area contributed by atoms with Gasteiger partial charge in [0.05, 0.1) is 6.33 Å². The number of aromatic amines is 1. The average Bonchev–Trinajstić information content (AvgIpc) is 3.13. The molecule has 1 fully saturated rings. The number of ketones is 1. The van der Waals surface area contributed by atoms with E-state index < -0.39 is 5.56 Å². The normalized spacial score (nSPS) is 17.3. The number of aromatic nitrogens is 3. The monoisotopic (exact) mass is 356 g/mol. The topological polar surface area (TPSA) is 88.1 Å². The highest BCUT2D eigenvalue weighted by Gasteiger charge is 2.29. The van der Waals surface area contributed by atoms with E-state index >= 15 is 0 Å². The van der Waals surface area contributed by atoms with Gasteiger partial charge in [-0.25, -0.2) is 4.98 Å². The third-order valence-electron chi connectivity index (χ3n) is 5.02. The molecule has 0 radical (unpaired) electrons. The standard InChI is InChI=1S/C19H24N4O3/c1-13-16(14(2)24)11-17(18(25)21-13)19(26)23-8-4-3-5-15(23)6-9-22-10-7-20-12-22/h7,10-12,15H,3-6,8-9H2,1-2H3,(H,21,25)/t15-/m1/s1. The first-order valence-corrected chi connectivity index (χ1v) is 8.99. The summed E-state index contributed by atoms with van der Waals surface area (Å²) in [7, 11) is 0. The van der Waals surface area contributed by atoms with Crippen molar-refractivity contribution in [3.8, 4) is 0 Å². The number of amides is 1. The van der Waals surface area contributed by atoms with Crippen molar-refractivity contribution in [1.82, 2.24) is 19.4 Å². The zero-order valence-corrected chi connectivity index (χ0v) is 15.2. The largest absolute Gasteiger partial charge is 0.337 e. The third kappa shape index (κ3) is 3.76. The molecule has 1 aliphatic heterocycles. The fourth-order valence-electron chi connectivity index (χ4n) is 3.59. The Bertz CT molecular complexity index is 854. The number of aryl methyl sites for hydroxylation is 2. The lowest BCUT2D eigenvalue weighted by Gasteiger charge is -2.36. The van der Waals surface area contributed by atoms with Gasteiger partial charge in [0.2, 0.25) is 0 Å². The zero-order valence-electron chi connectivity index (χ0n) is 15.2. The first-order valence-electron chi connectivity index (χ1n) is 8.99. The van der Waals surface area contributed by atoms with Crippen molar-refractivity contribution in [2.45, 2.75) is 52.1 Å². The summed E-state index contributed by atoms with van der Waals surface area (Å²) in [6.07, 6.45) is 9.13. The number of carbonyl (C=O) groups is 2. The second-order valence-electron chi connectivity index (χ2n) is 6.84. The first kappa shape index (κ1) is 18.1. The van der Waals surface area contributed by atoms with E-state index in [1.807, 2.05) is 10.8 Å². The van der Waals surface area contributed by atoms with Crippen molar-refractivity contribution >= 4 is 11.7 Å². The van der Waals surface area contributed by atoms with E-state index in [0.717, 1.165) is 32.2 Å². The Kier molecular flexibility index (Phi) is 5.35. The van der Waals surface area contributed by atoms with Gasteiger partial charge in [0, 0.05) is 42.8 Å². The van der Waals surface area contributed by atoms with Gasteiger partial charge in [-0.2, -0.15) is 0 Å². The minimum atomic E-state index is -0.434. The van der Waals surface area contributed by atoms with Crippen LogP contribution in [0.1, 0.15) is 59.0 Å². The Balaban J connectivity index is 1.83. The van der Waals surface area contributed by atoms with Crippen LogP contribution in [0.4, 0.5) is 0 Å². The molecule has 0 aliphatic carbocycles. The molecule has 1 atom stereocenters. The molecule has 0 spiro atoms. The molecule has 3 heterocycles. The summed E-state index contributed by atoms with van der Waals surface area (Å²) in [5, 5.41) is 0. The van der Waals surface area contributed by atoms with Crippen LogP contribution in [0.15, 0.2) is 29.6 Å². The van der Waals surface area contributed by atoms with Gasteiger partial charge in [-0.15, -0.1) is 0 Å². The number of Topliss-reactive ketones (excluding diaryl/α,β-unsaturated/α-hetero) is 1. The number of piperidine rings is 1. The van der Waals surface area contributed by atoms with Crippen molar-refractivity contribution in [3.63, 3.8) is 0 Å². The van der Waals surface area contributed by atoms with Gasteiger partial charge < -0.3 is 14.5 Å². The Morgan fingerprint density at radius 2 is 2.12 bits per heavy atom. The molecular weight excluding hydrogens is 332 g/mol. The van der Waals surface area contributed by atoms with E-state index in [0.29, 0.717) is 17.8 Å². The van der Waals surface area contributed by atoms with Crippen LogP contribution >= 0.6 is 0 Å². The molecule has 138 valence electrons. The van der Waals surface area contributed by atoms with Gasteiger partial charge in [0.1, 0.15) is 5.56 Å². The number of nitrogens with one attached hydrogen (secondary N) is 1. The highest BCUT2D eigenvalue weighted by atomic mass is 16.2. The summed E-state index contributed by atoms with van der Waals surface area (Å²) in [5.74, 6) is -0.452. The van der Waals surface area contributed by atoms with Crippen LogP contribution < -0.4 is 5.56 Å². The van der Waals surface area contributed by atoms with Crippen LogP contribution in [0.25, 0.3) is 0 Å². The van der Waals surface area contributed by atoms with E-state index in [9.17, 15) is 14.4 Å². The van der Waals surface area contributed by atoms with E-state index in [-0.39, 0.29) is 23.3 Å². The van der Waals surface area contributed by atoms with Crippen LogP contribution in [0.2, 0.25) is 0 Å². The quantitative estimate of drug-likeness (QED) is 0.832. The average molecular weight is 356 g/mol. The van der Waals surface area contributed by atoms with Crippen LogP contribution in [-0.2, 0) is 6.54 Å². The molecule has 2 aromatic heterocycles. The molecule has 1 N–H and O–H groups in total. The number of pyridine rings is 1. The molecular formula is C19H24N4O3. The molecule has 1 aliphatic rings. The predicted octanol–water partition coefficient (Wildman–Crippen LogP) is 2.17. The van der Waals surface area contributed by atoms with Gasteiger partial charge >= 0.3 is 0 Å². The number of likely N-dealkylation sites (tertiary alicyclic amines) is 1. The van der Waals surface area contributed by atoms with Gasteiger partial charge in [-0.3, -0.25) is 14.4 Å². The molecule has 7 nitrogen and oxygen atoms in total. The molecule has 0 bridgehead atoms. The second-order valence-corrected chi connectivity index (χ2v) is 6.84. The number of imidazole rings is 1. The number of hydrogen-bond acceptors (Lipinski definition) is 4. The number of nitrogens with zero attached hydrogens (tertiary/aromatic N) is 3. The summed E-state index contributed by atoms with van der Waals surface area (Å²) < 4.78 is 1.99. The number of carbonyl (C=O) groups excluding carboxylic acids is 2. The summed E-state index contributed by atoms with van der Waals surface area (Å²) in [6, 6.07) is 1.53. The Hall–Kier alpha value is -2.70. The molecule has 0 unspecified atom stereocenters. The molecule has 1 amide bonds. The molecule has 1 saturated heterocycles. The molecule has 2 aromatic rings. The van der Waals surface area contributed by atoms with E-state index in [2.05, 4.69) is 9.97 Å². The Morgan fingerprint density at radius 1 is 1.31 bits per heavy atom. The number of hydrogen-bond donors (Lipinski definition) is 1. The van der Waals surface area contributed by atoms with Gasteiger partial charge in [0.15, 0.2) is 5.78 Å². The lowest BCUT2D eigenvalue weighted by Crippen LogP contribution is -2.45. The maximum Gasteiger partial charge on any atom is 0.261 e. The maximum atomic E-state index is 13.1. The SMILES string of the molecule is CC(=O)c1cc(C(=O)N2CCCC[C@@H]2CCn2ccnc2)c(=O)[nH]c1C. The minimum absolute atomic E-state index is 0.0512. The lowest BCUT2D eigenvalue weighted by molar-refractivity contribution is 0.0593. The number of H-pyrrole nitrogens is 1. The molecule has 0 aromatic carbocycles. The van der Waals surface area contributed by atoms with Crippen LogP contribution in [0.5, 0.6) is 0 Å². The summed E-state index contributed by atoms with van der Waals surface area (Å²) in [5.41, 5.74) is 0.501. The van der Waals surface area contributed by atoms with Gasteiger partial charge in [-0.05, 0) is 45.6 Å². The third-order valence-corrected chi connectivity index (χ3v) is 5.02. The minimum Gasteiger partial charge on any atom is -0.337 e. The fourth-order valence-corrected chi connectivity index (χ4v) is 3.59. The number of rotatable bonds is 5. The summed E-state index contributed by atoms with van der Waals surface area (Å²) in [6.45, 7) is 4.51. The summed E-state index contributed by atoms with van der Waals surface area (Å²) in [4.78, 5) is 45.6. The molecule has 3 rings (SSSR count). The smallest absolute Gasteiger partial charge is 0.261 e. The highest BCUT2D eigenvalue weighted by molar-refractivity contribution is 6.00. The fraction of sp³-hybridized carbons (Fsp3) is 0.474. The lowest BCUT2D eigenvalue weighted by atomic mass is 9.97. The molecule has 0 saturated carbocycles. The Morgan fingerprint density at radius 3 is 2.81 bits per heavy atom. The first-order chi connectivity index (χ1) is 12.5. The van der Waals surface area contributed by atoms with Crippen molar-refractivity contribution in [3.05, 3.63) is 52.0 Å². The Labute approximate surface area is 152 Å². The van der Waals surface area contributed by atoms with Gasteiger partial charge in [-0.1, -0.05) is 0 Å². The van der Waals surface area contributed by atoms with E-state index in [1.54, 1.807) is 24.3 Å². The van der Waals surface area contributed by atoms with E-state index in [1.165, 1.54) is 13.0 Å². The van der Waals surface area contributed by atoms with Crippen LogP contribution in [0.3, 0.4) is 0 Å². The summed E-state index contributed by atoms with van der Waals surface area (Å²) >= 11 is 0. The molecule has 7 heteroatoms. The van der Waals surface area contributed by atoms with Gasteiger partial charge in [0.25, 0.3) is 11.5 Å². The maximum absolute atomic E-state index is 13.1. The highest BCUT2D eigenvalue weighted by Crippen LogP contribution is 2.22. The predicted molar refractivity (Wildman–Crippen MR) is 97.3 cm³/mol. The molecule has 26 heavy (non-hydrogen) atoms. The van der Waals surface area contributed by atoms with Crippen molar-refractivity contribution in [2.75, 3.05) is 6.54 Å². The van der Waals surface area contributed by atoms with Crippen LogP contribution in [-0.4, -0.2) is 43.7 Å². The van der Waals surface area contributed by atoms with Crippen molar-refractivity contribution < 1.29 is 9.59 Å².